The van der Waals surface area contributed by atoms with Crippen molar-refractivity contribution in [3.63, 3.8) is 0 Å². The summed E-state index contributed by atoms with van der Waals surface area (Å²) in [6.07, 6.45) is 8.52. The summed E-state index contributed by atoms with van der Waals surface area (Å²) in [5.74, 6) is 0.791. The van der Waals surface area contributed by atoms with Crippen molar-refractivity contribution in [1.82, 2.24) is 10.1 Å². The fourth-order valence-electron chi connectivity index (χ4n) is 3.91. The lowest BCUT2D eigenvalue weighted by Gasteiger charge is -2.33. The minimum atomic E-state index is 0.128. The Morgan fingerprint density at radius 2 is 2.05 bits per heavy atom. The van der Waals surface area contributed by atoms with Crippen molar-refractivity contribution >= 4 is 5.91 Å². The van der Waals surface area contributed by atoms with E-state index in [0.29, 0.717) is 16.7 Å². The van der Waals surface area contributed by atoms with E-state index in [1.165, 1.54) is 38.5 Å². The molecule has 2 aliphatic rings. The van der Waals surface area contributed by atoms with Crippen LogP contribution in [0.4, 0.5) is 0 Å². The molecule has 3 rings (SSSR count). The predicted octanol–water partition coefficient (Wildman–Crippen LogP) is 3.34. The molecule has 1 saturated carbocycles. The van der Waals surface area contributed by atoms with Crippen LogP contribution in [0.25, 0.3) is 0 Å². The number of carbonyl (C=O) groups excluding carboxylic acids is 1. The molecule has 1 spiro atoms. The molecule has 4 nitrogen and oxygen atoms in total. The van der Waals surface area contributed by atoms with Gasteiger partial charge >= 0.3 is 0 Å². The maximum atomic E-state index is 12.8. The van der Waals surface area contributed by atoms with Crippen molar-refractivity contribution in [3.05, 3.63) is 17.0 Å². The lowest BCUT2D eigenvalue weighted by molar-refractivity contribution is 0.0756. The van der Waals surface area contributed by atoms with Gasteiger partial charge < -0.3 is 9.42 Å². The molecule has 1 aliphatic carbocycles. The van der Waals surface area contributed by atoms with E-state index in [2.05, 4.69) is 5.16 Å². The Morgan fingerprint density at radius 3 is 2.75 bits per heavy atom. The van der Waals surface area contributed by atoms with Crippen LogP contribution < -0.4 is 0 Å². The summed E-state index contributed by atoms with van der Waals surface area (Å²) in [5.41, 5.74) is 1.92. The second kappa shape index (κ2) is 5.23. The number of aryl methyl sites for hydroxylation is 2. The van der Waals surface area contributed by atoms with Crippen LogP contribution in [0, 0.1) is 12.3 Å². The molecule has 2 fully saturated rings. The van der Waals surface area contributed by atoms with E-state index in [1.807, 2.05) is 18.7 Å². The first kappa shape index (κ1) is 13.7. The molecule has 20 heavy (non-hydrogen) atoms. The highest BCUT2D eigenvalue weighted by Gasteiger charge is 2.41. The van der Waals surface area contributed by atoms with Gasteiger partial charge in [-0.1, -0.05) is 31.3 Å². The van der Waals surface area contributed by atoms with Gasteiger partial charge in [-0.15, -0.1) is 0 Å². The molecule has 110 valence electrons. The third-order valence-corrected chi connectivity index (χ3v) is 5.12. The first-order valence-electron chi connectivity index (χ1n) is 7.90. The normalized spacial score (nSPS) is 21.6. The molecule has 0 radical (unpaired) electrons. The fraction of sp³-hybridized carbons (Fsp3) is 0.750. The summed E-state index contributed by atoms with van der Waals surface area (Å²) in [7, 11) is 0. The van der Waals surface area contributed by atoms with Crippen molar-refractivity contribution < 1.29 is 9.32 Å². The Labute approximate surface area is 120 Å². The van der Waals surface area contributed by atoms with E-state index in [1.54, 1.807) is 0 Å². The molecular weight excluding hydrogens is 252 g/mol. The molecule has 1 amide bonds. The number of hydrogen-bond donors (Lipinski definition) is 0. The van der Waals surface area contributed by atoms with Crippen LogP contribution >= 0.6 is 0 Å². The van der Waals surface area contributed by atoms with Crippen LogP contribution in [0.1, 0.15) is 67.3 Å². The van der Waals surface area contributed by atoms with Crippen molar-refractivity contribution in [2.24, 2.45) is 5.41 Å². The van der Waals surface area contributed by atoms with Crippen LogP contribution in [-0.2, 0) is 6.42 Å². The lowest BCUT2D eigenvalue weighted by atomic mass is 9.73. The highest BCUT2D eigenvalue weighted by atomic mass is 16.5. The number of likely N-dealkylation sites (tertiary alicyclic amines) is 1. The maximum absolute atomic E-state index is 12.8. The minimum absolute atomic E-state index is 0.128. The molecule has 0 unspecified atom stereocenters. The summed E-state index contributed by atoms with van der Waals surface area (Å²) in [4.78, 5) is 14.8. The monoisotopic (exact) mass is 276 g/mol. The average molecular weight is 276 g/mol. The minimum Gasteiger partial charge on any atom is -0.361 e. The number of hydrogen-bond acceptors (Lipinski definition) is 3. The van der Waals surface area contributed by atoms with E-state index in [0.717, 1.165) is 25.2 Å². The standard InChI is InChI=1S/C16H24N2O2/c1-3-13-14(12(2)20-17-13)15(19)18-10-9-16(11-18)7-5-4-6-8-16/h3-11H2,1-2H3. The van der Waals surface area contributed by atoms with Crippen molar-refractivity contribution in [3.8, 4) is 0 Å². The number of amides is 1. The zero-order valence-electron chi connectivity index (χ0n) is 12.6. The molecule has 1 aromatic heterocycles. The molecule has 0 bridgehead atoms. The van der Waals surface area contributed by atoms with Gasteiger partial charge in [0, 0.05) is 13.1 Å². The van der Waals surface area contributed by atoms with Gasteiger partial charge in [-0.25, -0.2) is 0 Å². The fourth-order valence-corrected chi connectivity index (χ4v) is 3.91. The average Bonchev–Trinajstić information content (AvgIpc) is 3.03. The van der Waals surface area contributed by atoms with Gasteiger partial charge in [-0.05, 0) is 38.0 Å². The molecule has 0 N–H and O–H groups in total. The van der Waals surface area contributed by atoms with Crippen molar-refractivity contribution in [1.29, 1.82) is 0 Å². The number of carbonyl (C=O) groups is 1. The highest BCUT2D eigenvalue weighted by molar-refractivity contribution is 5.96. The number of rotatable bonds is 2. The van der Waals surface area contributed by atoms with E-state index in [-0.39, 0.29) is 5.91 Å². The van der Waals surface area contributed by atoms with Gasteiger partial charge in [-0.3, -0.25) is 4.79 Å². The van der Waals surface area contributed by atoms with Crippen LogP contribution in [0.15, 0.2) is 4.52 Å². The summed E-state index contributed by atoms with van der Waals surface area (Å²) in [6, 6.07) is 0. The Morgan fingerprint density at radius 1 is 1.30 bits per heavy atom. The largest absolute Gasteiger partial charge is 0.361 e. The lowest BCUT2D eigenvalue weighted by Crippen LogP contribution is -2.33. The van der Waals surface area contributed by atoms with Crippen LogP contribution in [0.5, 0.6) is 0 Å². The summed E-state index contributed by atoms with van der Waals surface area (Å²) in [5, 5.41) is 4.01. The van der Waals surface area contributed by atoms with Gasteiger partial charge in [0.05, 0.1) is 5.69 Å². The molecule has 2 heterocycles. The van der Waals surface area contributed by atoms with Gasteiger partial charge in [0.15, 0.2) is 0 Å². The van der Waals surface area contributed by atoms with Crippen LogP contribution in [0.3, 0.4) is 0 Å². The predicted molar refractivity (Wildman–Crippen MR) is 76.7 cm³/mol. The summed E-state index contributed by atoms with van der Waals surface area (Å²) in [6.45, 7) is 5.68. The second-order valence-electron chi connectivity index (χ2n) is 6.45. The van der Waals surface area contributed by atoms with Gasteiger partial charge in [-0.2, -0.15) is 0 Å². The van der Waals surface area contributed by atoms with Gasteiger partial charge in [0.2, 0.25) is 0 Å². The SMILES string of the molecule is CCc1noc(C)c1C(=O)N1CCC2(CCCCC2)C1. The Kier molecular flexibility index (Phi) is 3.57. The smallest absolute Gasteiger partial charge is 0.259 e. The van der Waals surface area contributed by atoms with E-state index < -0.39 is 0 Å². The van der Waals surface area contributed by atoms with E-state index >= 15 is 0 Å². The Bertz CT molecular complexity index is 501. The maximum Gasteiger partial charge on any atom is 0.259 e. The first-order valence-corrected chi connectivity index (χ1v) is 7.90. The summed E-state index contributed by atoms with van der Waals surface area (Å²) >= 11 is 0. The third-order valence-electron chi connectivity index (χ3n) is 5.12. The number of aromatic nitrogens is 1. The molecule has 1 aliphatic heterocycles. The van der Waals surface area contributed by atoms with Gasteiger partial charge in [0.25, 0.3) is 5.91 Å². The Hall–Kier alpha value is -1.32. The third kappa shape index (κ3) is 2.25. The topological polar surface area (TPSA) is 46.3 Å². The van der Waals surface area contributed by atoms with Crippen molar-refractivity contribution in [2.45, 2.75) is 58.8 Å². The number of nitrogens with zero attached hydrogens (tertiary/aromatic N) is 2. The van der Waals surface area contributed by atoms with E-state index in [9.17, 15) is 4.79 Å². The molecule has 0 atom stereocenters. The molecule has 0 aromatic carbocycles. The van der Waals surface area contributed by atoms with Crippen LogP contribution in [-0.4, -0.2) is 29.1 Å². The molecular formula is C16H24N2O2. The zero-order chi connectivity index (χ0) is 14.2. The highest BCUT2D eigenvalue weighted by Crippen LogP contribution is 2.44. The van der Waals surface area contributed by atoms with E-state index in [4.69, 9.17) is 4.52 Å². The first-order chi connectivity index (χ1) is 9.65. The Balaban J connectivity index is 1.77. The molecule has 1 saturated heterocycles. The molecule has 1 aromatic rings. The zero-order valence-corrected chi connectivity index (χ0v) is 12.6. The van der Waals surface area contributed by atoms with Crippen molar-refractivity contribution in [2.75, 3.05) is 13.1 Å². The van der Waals surface area contributed by atoms with Gasteiger partial charge in [0.1, 0.15) is 11.3 Å². The van der Waals surface area contributed by atoms with Crippen LogP contribution in [0.2, 0.25) is 0 Å². The summed E-state index contributed by atoms with van der Waals surface area (Å²) < 4.78 is 5.21. The second-order valence-corrected chi connectivity index (χ2v) is 6.45. The molecule has 4 heteroatoms. The quantitative estimate of drug-likeness (QED) is 0.832.